The van der Waals surface area contributed by atoms with Crippen LogP contribution < -0.4 is 0 Å². The van der Waals surface area contributed by atoms with E-state index in [0.717, 1.165) is 29.4 Å². The summed E-state index contributed by atoms with van der Waals surface area (Å²) in [4.78, 5) is 0. The predicted octanol–water partition coefficient (Wildman–Crippen LogP) is 3.70. The van der Waals surface area contributed by atoms with Crippen LogP contribution in [0.2, 0.25) is 11.6 Å². The summed E-state index contributed by atoms with van der Waals surface area (Å²) in [6, 6.07) is 0. The van der Waals surface area contributed by atoms with Gasteiger partial charge >= 0.3 is 6.92 Å². The Morgan fingerprint density at radius 1 is 1.06 bits per heavy atom. The van der Waals surface area contributed by atoms with E-state index >= 15 is 0 Å². The second-order valence-corrected chi connectivity index (χ2v) is 6.43. The van der Waals surface area contributed by atoms with Gasteiger partial charge < -0.3 is 4.65 Å². The van der Waals surface area contributed by atoms with E-state index in [0.29, 0.717) is 13.0 Å². The maximum Gasteiger partial charge on any atom is 0.300 e. The van der Waals surface area contributed by atoms with Gasteiger partial charge in [-0.25, -0.2) is 0 Å². The van der Waals surface area contributed by atoms with Gasteiger partial charge in [0.05, 0.1) is 0 Å². The zero-order valence-corrected chi connectivity index (χ0v) is 10.6. The van der Waals surface area contributed by atoms with Crippen LogP contribution in [0.5, 0.6) is 0 Å². The van der Waals surface area contributed by atoms with Crippen LogP contribution >= 0.6 is 0 Å². The number of hydrogen-bond acceptors (Lipinski definition) is 1. The third-order valence-corrected chi connectivity index (χ3v) is 5.71. The molecular formula is C15H21BO. The molecule has 5 atom stereocenters. The van der Waals surface area contributed by atoms with E-state index in [4.69, 9.17) is 4.65 Å². The summed E-state index contributed by atoms with van der Waals surface area (Å²) >= 11 is 0. The first-order valence-electron chi connectivity index (χ1n) is 7.37. The topological polar surface area (TPSA) is 9.23 Å². The number of fused-ring (bicyclic) bond motifs is 4. The van der Waals surface area contributed by atoms with Crippen molar-refractivity contribution in [2.45, 2.75) is 50.3 Å². The molecule has 0 aromatic heterocycles. The fourth-order valence-corrected chi connectivity index (χ4v) is 4.98. The molecule has 0 N–H and O–H groups in total. The Hall–Kier alpha value is -0.495. The molecule has 0 unspecified atom stereocenters. The van der Waals surface area contributed by atoms with E-state index in [1.807, 2.05) is 0 Å². The Bertz CT molecular complexity index is 369. The van der Waals surface area contributed by atoms with Gasteiger partial charge in [0.1, 0.15) is 0 Å². The Balaban J connectivity index is 1.59. The van der Waals surface area contributed by atoms with E-state index in [1.54, 1.807) is 0 Å². The highest BCUT2D eigenvalue weighted by Gasteiger charge is 2.62. The fourth-order valence-electron chi connectivity index (χ4n) is 4.98. The van der Waals surface area contributed by atoms with Crippen molar-refractivity contribution in [1.29, 1.82) is 0 Å². The first kappa shape index (κ1) is 10.4. The molecule has 0 aromatic carbocycles. The summed E-state index contributed by atoms with van der Waals surface area (Å²) < 4.78 is 6.36. The molecule has 17 heavy (non-hydrogen) atoms. The molecule has 3 fully saturated rings. The Kier molecular flexibility index (Phi) is 2.30. The van der Waals surface area contributed by atoms with Crippen molar-refractivity contribution in [3.05, 3.63) is 24.3 Å². The fraction of sp³-hybridized carbons (Fsp3) is 0.733. The van der Waals surface area contributed by atoms with E-state index in [-0.39, 0.29) is 0 Å². The lowest BCUT2D eigenvalue weighted by Crippen LogP contribution is -2.46. The molecule has 2 heteroatoms. The molecule has 0 amide bonds. The van der Waals surface area contributed by atoms with Gasteiger partial charge in [-0.1, -0.05) is 50.0 Å². The molecule has 2 saturated carbocycles. The molecule has 1 heterocycles. The number of rotatable bonds is 1. The maximum atomic E-state index is 6.36. The van der Waals surface area contributed by atoms with Crippen molar-refractivity contribution >= 4 is 6.92 Å². The molecule has 0 aromatic rings. The van der Waals surface area contributed by atoms with Gasteiger partial charge in [0.25, 0.3) is 0 Å². The molecule has 0 radical (unpaired) electrons. The summed E-state index contributed by atoms with van der Waals surface area (Å²) in [7, 11) is 0. The minimum atomic E-state index is 0.489. The lowest BCUT2D eigenvalue weighted by Gasteiger charge is -2.49. The highest BCUT2D eigenvalue weighted by atomic mass is 16.5. The number of hydrogen-bond donors (Lipinski definition) is 0. The Morgan fingerprint density at radius 3 is 2.53 bits per heavy atom. The van der Waals surface area contributed by atoms with Crippen LogP contribution in [0.25, 0.3) is 0 Å². The predicted molar refractivity (Wildman–Crippen MR) is 71.0 cm³/mol. The smallest absolute Gasteiger partial charge is 0.300 e. The molecule has 1 aliphatic heterocycles. The third kappa shape index (κ3) is 1.37. The first-order chi connectivity index (χ1) is 8.36. The summed E-state index contributed by atoms with van der Waals surface area (Å²) in [6.45, 7) is 2.88. The molecule has 90 valence electrons. The van der Waals surface area contributed by atoms with Crippen LogP contribution in [-0.4, -0.2) is 13.0 Å². The zero-order valence-electron chi connectivity index (χ0n) is 10.6. The molecular weight excluding hydrogens is 207 g/mol. The lowest BCUT2D eigenvalue weighted by molar-refractivity contribution is 0.0860. The quantitative estimate of drug-likeness (QED) is 0.622. The summed E-state index contributed by atoms with van der Waals surface area (Å²) in [5.41, 5.74) is 0. The highest BCUT2D eigenvalue weighted by molar-refractivity contribution is 6.57. The first-order valence-corrected chi connectivity index (χ1v) is 7.37. The summed E-state index contributed by atoms with van der Waals surface area (Å²) in [5.74, 6) is 4.09. The van der Waals surface area contributed by atoms with E-state index in [9.17, 15) is 0 Å². The van der Waals surface area contributed by atoms with Crippen molar-refractivity contribution in [1.82, 2.24) is 0 Å². The minimum absolute atomic E-state index is 0.489. The largest absolute Gasteiger partial charge is 0.433 e. The van der Waals surface area contributed by atoms with Crippen molar-refractivity contribution in [2.24, 2.45) is 17.8 Å². The lowest BCUT2D eigenvalue weighted by atomic mass is 9.34. The van der Waals surface area contributed by atoms with Crippen LogP contribution in [-0.2, 0) is 4.65 Å². The monoisotopic (exact) mass is 228 g/mol. The number of allylic oxidation sites excluding steroid dienone is 4. The van der Waals surface area contributed by atoms with Gasteiger partial charge in [-0.2, -0.15) is 0 Å². The average molecular weight is 228 g/mol. The Morgan fingerprint density at radius 2 is 1.76 bits per heavy atom. The summed E-state index contributed by atoms with van der Waals surface area (Å²) in [5, 5.41) is 0. The second-order valence-electron chi connectivity index (χ2n) is 6.43. The van der Waals surface area contributed by atoms with E-state index < -0.39 is 0 Å². The average Bonchev–Trinajstić information content (AvgIpc) is 2.90. The molecule has 0 bridgehead atoms. The molecule has 4 aliphatic rings. The van der Waals surface area contributed by atoms with Crippen LogP contribution in [0.15, 0.2) is 24.3 Å². The Labute approximate surface area is 104 Å². The van der Waals surface area contributed by atoms with Crippen LogP contribution in [0.3, 0.4) is 0 Å². The molecule has 4 rings (SSSR count). The molecule has 0 spiro atoms. The van der Waals surface area contributed by atoms with Gasteiger partial charge in [-0.05, 0) is 36.3 Å². The van der Waals surface area contributed by atoms with Crippen molar-refractivity contribution in [3.63, 3.8) is 0 Å². The molecule has 3 aliphatic carbocycles. The molecule has 1 saturated heterocycles. The van der Waals surface area contributed by atoms with Crippen molar-refractivity contribution < 1.29 is 4.65 Å². The standard InChI is InChI=1S/C15H21BO/c1-10-14-12-8-4-5-9-13(12)15(14)16(17-10)11-6-2-3-7-11/h4-5,8-15H,2-3,6-7H2,1H3/t10-,12-,13+,14+,15-/m1/s1. The van der Waals surface area contributed by atoms with Crippen LogP contribution in [0, 0.1) is 17.8 Å². The summed E-state index contributed by atoms with van der Waals surface area (Å²) in [6.07, 6.45) is 15.5. The van der Waals surface area contributed by atoms with E-state index in [1.165, 1.54) is 25.7 Å². The van der Waals surface area contributed by atoms with Gasteiger partial charge in [0, 0.05) is 6.10 Å². The third-order valence-electron chi connectivity index (χ3n) is 5.71. The minimum Gasteiger partial charge on any atom is -0.433 e. The van der Waals surface area contributed by atoms with Gasteiger partial charge in [0.2, 0.25) is 0 Å². The highest BCUT2D eigenvalue weighted by Crippen LogP contribution is 2.63. The van der Waals surface area contributed by atoms with Gasteiger partial charge in [-0.15, -0.1) is 0 Å². The van der Waals surface area contributed by atoms with Crippen LogP contribution in [0.1, 0.15) is 32.6 Å². The zero-order chi connectivity index (χ0) is 11.4. The maximum absolute atomic E-state index is 6.36. The SMILES string of the molecule is C[C@H]1OB(C2CCCC2)[C@@H]2[C@H]3C=CC=C[C@H]3[C@@H]21. The van der Waals surface area contributed by atoms with Crippen molar-refractivity contribution in [3.8, 4) is 0 Å². The molecule has 1 nitrogen and oxygen atoms in total. The normalized spacial score (nSPS) is 48.1. The van der Waals surface area contributed by atoms with Crippen LogP contribution in [0.4, 0.5) is 0 Å². The van der Waals surface area contributed by atoms with Gasteiger partial charge in [0.15, 0.2) is 0 Å². The van der Waals surface area contributed by atoms with E-state index in [2.05, 4.69) is 31.2 Å². The van der Waals surface area contributed by atoms with Gasteiger partial charge in [-0.3, -0.25) is 0 Å². The van der Waals surface area contributed by atoms with Crippen molar-refractivity contribution in [2.75, 3.05) is 0 Å². The second kappa shape index (κ2) is 3.75.